The van der Waals surface area contributed by atoms with Gasteiger partial charge in [0.1, 0.15) is 11.6 Å². The molecule has 146 valence electrons. The number of hydrogen-bond acceptors (Lipinski definition) is 5. The number of aryl methyl sites for hydroxylation is 1. The number of carbonyl (C=O) groups is 1. The Labute approximate surface area is 157 Å². The van der Waals surface area contributed by atoms with Crippen LogP contribution in [-0.2, 0) is 11.2 Å². The average Bonchev–Trinajstić information content (AvgIpc) is 3.11. The smallest absolute Gasteiger partial charge is 0.345 e. The third-order valence-electron chi connectivity index (χ3n) is 4.53. The number of amides is 1. The lowest BCUT2D eigenvalue weighted by molar-refractivity contribution is -0.174. The summed E-state index contributed by atoms with van der Waals surface area (Å²) in [4.78, 5) is 17.7. The molecule has 2 aromatic rings. The Morgan fingerprint density at radius 3 is 2.63 bits per heavy atom. The van der Waals surface area contributed by atoms with E-state index in [1.165, 1.54) is 23.7 Å². The lowest BCUT2D eigenvalue weighted by Gasteiger charge is -2.39. The van der Waals surface area contributed by atoms with Crippen molar-refractivity contribution < 1.29 is 22.4 Å². The number of rotatable bonds is 4. The van der Waals surface area contributed by atoms with E-state index >= 15 is 0 Å². The normalized spacial score (nSPS) is 20.6. The van der Waals surface area contributed by atoms with Crippen LogP contribution in [-0.4, -0.2) is 40.6 Å². The third-order valence-corrected chi connectivity index (χ3v) is 5.34. The number of aromatic nitrogens is 2. The molecule has 27 heavy (non-hydrogen) atoms. The van der Waals surface area contributed by atoms with Gasteiger partial charge in [-0.25, -0.2) is 9.37 Å². The standard InChI is InChI=1S/C17H18F4N4OS/c1-2-14-23-16(27-24-14)25-8-7-12(10-3-5-11(18)6-4-10)13(9-25)22-15(26)17(19,20)21/h3-6,12-13H,2,7-9H2,1H3,(H,22,26). The van der Waals surface area contributed by atoms with Crippen molar-refractivity contribution in [2.45, 2.75) is 37.9 Å². The number of nitrogens with one attached hydrogen (secondary N) is 1. The molecule has 2 atom stereocenters. The number of halogens is 4. The van der Waals surface area contributed by atoms with Crippen molar-refractivity contribution in [1.29, 1.82) is 0 Å². The maximum atomic E-state index is 13.2. The first-order chi connectivity index (χ1) is 12.8. The summed E-state index contributed by atoms with van der Waals surface area (Å²) in [6.07, 6.45) is -3.81. The molecular formula is C17H18F4N4OS. The Bertz CT molecular complexity index is 793. The van der Waals surface area contributed by atoms with E-state index in [1.807, 2.05) is 11.8 Å². The number of alkyl halides is 3. The summed E-state index contributed by atoms with van der Waals surface area (Å²) in [5.74, 6) is -2.08. The van der Waals surface area contributed by atoms with E-state index in [0.29, 0.717) is 35.9 Å². The minimum atomic E-state index is -4.96. The Morgan fingerprint density at radius 2 is 2.04 bits per heavy atom. The number of carbonyl (C=O) groups excluding carboxylic acids is 1. The van der Waals surface area contributed by atoms with E-state index in [2.05, 4.69) is 14.7 Å². The van der Waals surface area contributed by atoms with Gasteiger partial charge in [-0.05, 0) is 24.1 Å². The van der Waals surface area contributed by atoms with Gasteiger partial charge in [-0.2, -0.15) is 17.5 Å². The highest BCUT2D eigenvalue weighted by Gasteiger charge is 2.42. The molecule has 1 aliphatic heterocycles. The van der Waals surface area contributed by atoms with Crippen LogP contribution in [0.4, 0.5) is 22.7 Å². The van der Waals surface area contributed by atoms with Crippen molar-refractivity contribution in [2.24, 2.45) is 0 Å². The molecule has 2 unspecified atom stereocenters. The van der Waals surface area contributed by atoms with Gasteiger partial charge in [0.25, 0.3) is 0 Å². The number of benzene rings is 1. The maximum absolute atomic E-state index is 13.2. The van der Waals surface area contributed by atoms with Crippen molar-refractivity contribution in [3.63, 3.8) is 0 Å². The molecule has 0 bridgehead atoms. The van der Waals surface area contributed by atoms with Gasteiger partial charge in [0, 0.05) is 37.0 Å². The van der Waals surface area contributed by atoms with Gasteiger partial charge < -0.3 is 10.2 Å². The summed E-state index contributed by atoms with van der Waals surface area (Å²) in [6, 6.07) is 4.84. The van der Waals surface area contributed by atoms with Crippen LogP contribution in [0.1, 0.15) is 30.7 Å². The van der Waals surface area contributed by atoms with E-state index in [9.17, 15) is 22.4 Å². The molecular weight excluding hydrogens is 384 g/mol. The third kappa shape index (κ3) is 4.55. The molecule has 1 amide bonds. The minimum Gasteiger partial charge on any atom is -0.345 e. The molecule has 0 radical (unpaired) electrons. The van der Waals surface area contributed by atoms with Crippen LogP contribution in [0.2, 0.25) is 0 Å². The van der Waals surface area contributed by atoms with Crippen molar-refractivity contribution in [3.05, 3.63) is 41.5 Å². The molecule has 1 fully saturated rings. The zero-order valence-corrected chi connectivity index (χ0v) is 15.3. The lowest BCUT2D eigenvalue weighted by atomic mass is 9.85. The van der Waals surface area contributed by atoms with Crippen molar-refractivity contribution in [1.82, 2.24) is 14.7 Å². The highest BCUT2D eigenvalue weighted by atomic mass is 32.1. The van der Waals surface area contributed by atoms with Gasteiger partial charge in [-0.3, -0.25) is 4.79 Å². The number of anilines is 1. The monoisotopic (exact) mass is 402 g/mol. The molecule has 1 aromatic heterocycles. The van der Waals surface area contributed by atoms with Crippen LogP contribution < -0.4 is 10.2 Å². The Hall–Kier alpha value is -2.23. The summed E-state index contributed by atoms with van der Waals surface area (Å²) in [7, 11) is 0. The van der Waals surface area contributed by atoms with Gasteiger partial charge in [-0.1, -0.05) is 19.1 Å². The van der Waals surface area contributed by atoms with Crippen LogP contribution in [0.25, 0.3) is 0 Å². The topological polar surface area (TPSA) is 58.1 Å². The van der Waals surface area contributed by atoms with E-state index < -0.39 is 23.9 Å². The number of piperidine rings is 1. The summed E-state index contributed by atoms with van der Waals surface area (Å²) >= 11 is 1.19. The van der Waals surface area contributed by atoms with E-state index in [0.717, 1.165) is 0 Å². The van der Waals surface area contributed by atoms with E-state index in [1.54, 1.807) is 12.1 Å². The zero-order chi connectivity index (χ0) is 19.6. The first-order valence-electron chi connectivity index (χ1n) is 8.48. The van der Waals surface area contributed by atoms with Crippen molar-refractivity contribution in [2.75, 3.05) is 18.0 Å². The largest absolute Gasteiger partial charge is 0.471 e. The molecule has 1 aromatic carbocycles. The quantitative estimate of drug-likeness (QED) is 0.798. The predicted octanol–water partition coefficient (Wildman–Crippen LogP) is 3.28. The molecule has 1 aliphatic rings. The zero-order valence-electron chi connectivity index (χ0n) is 14.5. The molecule has 1 saturated heterocycles. The predicted molar refractivity (Wildman–Crippen MR) is 93.2 cm³/mol. The second-order valence-electron chi connectivity index (χ2n) is 6.32. The van der Waals surface area contributed by atoms with Gasteiger partial charge in [0.15, 0.2) is 0 Å². The second-order valence-corrected chi connectivity index (χ2v) is 7.05. The lowest BCUT2D eigenvalue weighted by Crippen LogP contribution is -2.54. The Morgan fingerprint density at radius 1 is 1.33 bits per heavy atom. The van der Waals surface area contributed by atoms with E-state index in [4.69, 9.17) is 0 Å². The van der Waals surface area contributed by atoms with Crippen molar-refractivity contribution >= 4 is 22.6 Å². The minimum absolute atomic E-state index is 0.169. The highest BCUT2D eigenvalue weighted by molar-refractivity contribution is 7.09. The van der Waals surface area contributed by atoms with Gasteiger partial charge in [-0.15, -0.1) is 0 Å². The van der Waals surface area contributed by atoms with Crippen LogP contribution in [0.15, 0.2) is 24.3 Å². The molecule has 0 saturated carbocycles. The summed E-state index contributed by atoms with van der Waals surface area (Å²) < 4.78 is 55.7. The average molecular weight is 402 g/mol. The fraction of sp³-hybridized carbons (Fsp3) is 0.471. The molecule has 1 N–H and O–H groups in total. The Balaban J connectivity index is 1.83. The van der Waals surface area contributed by atoms with Crippen molar-refractivity contribution in [3.8, 4) is 0 Å². The number of nitrogens with zero attached hydrogens (tertiary/aromatic N) is 3. The molecule has 0 aliphatic carbocycles. The SMILES string of the molecule is CCc1nsc(N2CCC(c3ccc(F)cc3)C(NC(=O)C(F)(F)F)C2)n1. The van der Waals surface area contributed by atoms with Gasteiger partial charge in [0.2, 0.25) is 5.13 Å². The van der Waals surface area contributed by atoms with Gasteiger partial charge in [0.05, 0.1) is 6.04 Å². The van der Waals surface area contributed by atoms with Crippen LogP contribution in [0.5, 0.6) is 0 Å². The molecule has 5 nitrogen and oxygen atoms in total. The maximum Gasteiger partial charge on any atom is 0.471 e. The summed E-state index contributed by atoms with van der Waals surface area (Å²) in [5.41, 5.74) is 0.690. The van der Waals surface area contributed by atoms with Crippen LogP contribution in [0.3, 0.4) is 0 Å². The summed E-state index contributed by atoms with van der Waals surface area (Å²) in [6.45, 7) is 2.64. The highest BCUT2D eigenvalue weighted by Crippen LogP contribution is 2.32. The molecule has 2 heterocycles. The van der Waals surface area contributed by atoms with Gasteiger partial charge >= 0.3 is 12.1 Å². The van der Waals surface area contributed by atoms with E-state index in [-0.39, 0.29) is 12.5 Å². The fourth-order valence-electron chi connectivity index (χ4n) is 3.15. The molecule has 3 rings (SSSR count). The molecule has 0 spiro atoms. The van der Waals surface area contributed by atoms with Crippen LogP contribution >= 0.6 is 11.5 Å². The second kappa shape index (κ2) is 7.79. The first-order valence-corrected chi connectivity index (χ1v) is 9.26. The first kappa shape index (κ1) is 19.5. The van der Waals surface area contributed by atoms with Crippen LogP contribution in [0, 0.1) is 5.82 Å². The molecule has 10 heteroatoms. The number of hydrogen-bond donors (Lipinski definition) is 1. The Kier molecular flexibility index (Phi) is 5.64. The summed E-state index contributed by atoms with van der Waals surface area (Å²) in [5, 5.41) is 2.72. The fourth-order valence-corrected chi connectivity index (χ4v) is 3.93.